The van der Waals surface area contributed by atoms with Gasteiger partial charge < -0.3 is 20.1 Å². The van der Waals surface area contributed by atoms with Gasteiger partial charge in [0.15, 0.2) is 0 Å². The van der Waals surface area contributed by atoms with Crippen LogP contribution < -0.4 is 10.6 Å². The number of amides is 2. The smallest absolute Gasteiger partial charge is 0.408 e. The summed E-state index contributed by atoms with van der Waals surface area (Å²) in [5.41, 5.74) is -0.241. The summed E-state index contributed by atoms with van der Waals surface area (Å²) in [7, 11) is 0. The quantitative estimate of drug-likeness (QED) is 0.371. The molecule has 0 aromatic heterocycles. The van der Waals surface area contributed by atoms with Crippen LogP contribution in [0.1, 0.15) is 113 Å². The summed E-state index contributed by atoms with van der Waals surface area (Å²) in [6, 6.07) is -0.778. The Labute approximate surface area is 246 Å². The average molecular weight is 575 g/mol. The Morgan fingerprint density at radius 1 is 0.902 bits per heavy atom. The maximum absolute atomic E-state index is 13.3. The molecule has 41 heavy (non-hydrogen) atoms. The third kappa shape index (κ3) is 6.61. The molecule has 0 aromatic rings. The molecule has 0 saturated heterocycles. The predicted molar refractivity (Wildman–Crippen MR) is 157 cm³/mol. The molecule has 0 heterocycles. The molecule has 2 N–H and O–H groups in total. The van der Waals surface area contributed by atoms with Crippen LogP contribution in [0, 0.1) is 46.3 Å². The summed E-state index contributed by atoms with van der Waals surface area (Å²) in [5, 5.41) is 5.20. The van der Waals surface area contributed by atoms with E-state index in [1.54, 1.807) is 27.7 Å². The molecule has 4 rings (SSSR count). The number of ether oxygens (including phenoxy) is 2. The summed E-state index contributed by atoms with van der Waals surface area (Å²) in [6.07, 6.45) is 8.94. The normalized spacial score (nSPS) is 37.2. The lowest BCUT2D eigenvalue weighted by Crippen LogP contribution is -2.55. The first-order valence-electron chi connectivity index (χ1n) is 16.0. The minimum absolute atomic E-state index is 0.141. The molecular formula is C33H54N2O6. The molecule has 0 bridgehead atoms. The van der Waals surface area contributed by atoms with E-state index in [0.29, 0.717) is 29.5 Å². The molecule has 0 radical (unpaired) electrons. The van der Waals surface area contributed by atoms with Gasteiger partial charge in [0.05, 0.1) is 0 Å². The molecule has 4 aliphatic carbocycles. The van der Waals surface area contributed by atoms with Gasteiger partial charge in [-0.15, -0.1) is 0 Å². The number of ketones is 1. The van der Waals surface area contributed by atoms with Gasteiger partial charge in [-0.2, -0.15) is 0 Å². The molecule has 0 aliphatic heterocycles. The Morgan fingerprint density at radius 2 is 1.56 bits per heavy atom. The van der Waals surface area contributed by atoms with Crippen molar-refractivity contribution >= 4 is 23.8 Å². The first-order valence-corrected chi connectivity index (χ1v) is 16.0. The van der Waals surface area contributed by atoms with Crippen LogP contribution in [0.5, 0.6) is 0 Å². The molecule has 0 aromatic carbocycles. The number of carbonyl (C=O) groups excluding carboxylic acids is 4. The molecule has 8 heteroatoms. The standard InChI is InChI=1S/C33H54N2O6/c1-19(2)28(35-27(37)18-34-30(39)41-31(4,5)6)29(38)40-22-13-15-32(7)21(17-22)9-10-23-25-12-11-24(20(3)36)33(25,8)16-14-26(23)32/h19,21-26,28H,9-18H2,1-8H3,(H,34,39)(H,35,37)/t21-,22+,23-,24+,25-,26-,28-,32-,33+/m0/s1. The van der Waals surface area contributed by atoms with E-state index in [2.05, 4.69) is 24.5 Å². The molecular weight excluding hydrogens is 520 g/mol. The van der Waals surface area contributed by atoms with E-state index in [0.717, 1.165) is 38.5 Å². The lowest BCUT2D eigenvalue weighted by molar-refractivity contribution is -0.166. The van der Waals surface area contributed by atoms with Gasteiger partial charge in [0.1, 0.15) is 30.1 Å². The average Bonchev–Trinajstić information content (AvgIpc) is 3.22. The molecule has 0 unspecified atom stereocenters. The maximum Gasteiger partial charge on any atom is 0.408 e. The third-order valence-electron chi connectivity index (χ3n) is 11.4. The van der Waals surface area contributed by atoms with Gasteiger partial charge in [-0.3, -0.25) is 9.59 Å². The second kappa shape index (κ2) is 11.9. The summed E-state index contributed by atoms with van der Waals surface area (Å²) < 4.78 is 11.2. The van der Waals surface area contributed by atoms with Crippen molar-refractivity contribution in [2.45, 2.75) is 131 Å². The van der Waals surface area contributed by atoms with Crippen molar-refractivity contribution in [1.29, 1.82) is 0 Å². The van der Waals surface area contributed by atoms with Crippen LogP contribution in [0.3, 0.4) is 0 Å². The Balaban J connectivity index is 1.32. The summed E-state index contributed by atoms with van der Waals surface area (Å²) >= 11 is 0. The number of rotatable bonds is 7. The van der Waals surface area contributed by atoms with Crippen molar-refractivity contribution in [3.05, 3.63) is 0 Å². The number of alkyl carbamates (subject to hydrolysis) is 1. The number of nitrogens with one attached hydrogen (secondary N) is 2. The lowest BCUT2D eigenvalue weighted by Gasteiger charge is -2.61. The second-order valence-corrected chi connectivity index (χ2v) is 15.4. The Bertz CT molecular complexity index is 1020. The predicted octanol–water partition coefficient (Wildman–Crippen LogP) is 5.81. The van der Waals surface area contributed by atoms with E-state index in [-0.39, 0.29) is 35.3 Å². The zero-order chi connectivity index (χ0) is 30.3. The van der Waals surface area contributed by atoms with Crippen LogP contribution in [-0.4, -0.2) is 48.0 Å². The van der Waals surface area contributed by atoms with Crippen molar-refractivity contribution in [1.82, 2.24) is 10.6 Å². The van der Waals surface area contributed by atoms with Crippen LogP contribution >= 0.6 is 0 Å². The zero-order valence-electron chi connectivity index (χ0n) is 26.6. The van der Waals surface area contributed by atoms with Crippen molar-refractivity contribution in [2.75, 3.05) is 6.54 Å². The molecule has 4 fully saturated rings. The fourth-order valence-electron chi connectivity index (χ4n) is 9.42. The zero-order valence-corrected chi connectivity index (χ0v) is 26.6. The highest BCUT2D eigenvalue weighted by Gasteiger charge is 2.61. The number of fused-ring (bicyclic) bond motifs is 5. The summed E-state index contributed by atoms with van der Waals surface area (Å²) in [4.78, 5) is 50.1. The van der Waals surface area contributed by atoms with Gasteiger partial charge >= 0.3 is 12.1 Å². The molecule has 9 atom stereocenters. The van der Waals surface area contributed by atoms with Crippen LogP contribution in [0.25, 0.3) is 0 Å². The fourth-order valence-corrected chi connectivity index (χ4v) is 9.42. The number of esters is 1. The Kier molecular flexibility index (Phi) is 9.21. The highest BCUT2D eigenvalue weighted by molar-refractivity contribution is 5.87. The van der Waals surface area contributed by atoms with Gasteiger partial charge in [0.25, 0.3) is 0 Å². The van der Waals surface area contributed by atoms with Crippen LogP contribution in [0.2, 0.25) is 0 Å². The van der Waals surface area contributed by atoms with Crippen molar-refractivity contribution in [3.63, 3.8) is 0 Å². The van der Waals surface area contributed by atoms with Crippen molar-refractivity contribution in [3.8, 4) is 0 Å². The number of carbonyl (C=O) groups is 4. The molecule has 4 aliphatic rings. The third-order valence-corrected chi connectivity index (χ3v) is 11.4. The second-order valence-electron chi connectivity index (χ2n) is 15.4. The van der Waals surface area contributed by atoms with E-state index < -0.39 is 29.6 Å². The van der Waals surface area contributed by atoms with E-state index in [9.17, 15) is 19.2 Å². The van der Waals surface area contributed by atoms with Crippen LogP contribution in [0.15, 0.2) is 0 Å². The molecule has 4 saturated carbocycles. The first kappa shape index (κ1) is 31.8. The number of hydrogen-bond acceptors (Lipinski definition) is 6. The number of Topliss-reactive ketones (excluding diaryl/α,β-unsaturated/α-hetero) is 1. The highest BCUT2D eigenvalue weighted by atomic mass is 16.6. The van der Waals surface area contributed by atoms with Crippen molar-refractivity contribution < 1.29 is 28.7 Å². The van der Waals surface area contributed by atoms with Gasteiger partial charge in [-0.25, -0.2) is 9.59 Å². The first-order chi connectivity index (χ1) is 19.0. The monoisotopic (exact) mass is 574 g/mol. The van der Waals surface area contributed by atoms with Gasteiger partial charge in [-0.05, 0) is 126 Å². The van der Waals surface area contributed by atoms with E-state index in [4.69, 9.17) is 9.47 Å². The molecule has 2 amide bonds. The molecule has 8 nitrogen and oxygen atoms in total. The van der Waals surface area contributed by atoms with E-state index in [1.807, 2.05) is 13.8 Å². The molecule has 0 spiro atoms. The van der Waals surface area contributed by atoms with Crippen LogP contribution in [-0.2, 0) is 23.9 Å². The van der Waals surface area contributed by atoms with Gasteiger partial charge in [0.2, 0.25) is 5.91 Å². The number of hydrogen-bond donors (Lipinski definition) is 2. The maximum atomic E-state index is 13.3. The van der Waals surface area contributed by atoms with Gasteiger partial charge in [-0.1, -0.05) is 27.7 Å². The summed E-state index contributed by atoms with van der Waals surface area (Å²) in [6.45, 7) is 15.4. The summed E-state index contributed by atoms with van der Waals surface area (Å²) in [5.74, 6) is 2.17. The van der Waals surface area contributed by atoms with Crippen LogP contribution in [0.4, 0.5) is 4.79 Å². The minimum atomic E-state index is -0.778. The van der Waals surface area contributed by atoms with E-state index in [1.165, 1.54) is 19.3 Å². The topological polar surface area (TPSA) is 111 Å². The lowest BCUT2D eigenvalue weighted by atomic mass is 9.44. The SMILES string of the molecule is CC(=O)[C@H]1CC[C@H]2[C@@H]3CC[C@H]4C[C@H](OC(=O)[C@@H](NC(=O)CNC(=O)OC(C)(C)C)C(C)C)CC[C@]4(C)[C@H]3CC[C@]12C. The Morgan fingerprint density at radius 3 is 2.20 bits per heavy atom. The highest BCUT2D eigenvalue weighted by Crippen LogP contribution is 2.67. The molecule has 232 valence electrons. The fraction of sp³-hybridized carbons (Fsp3) is 0.879. The Hall–Kier alpha value is -2.12. The minimum Gasteiger partial charge on any atom is -0.461 e. The largest absolute Gasteiger partial charge is 0.461 e. The van der Waals surface area contributed by atoms with Crippen molar-refractivity contribution in [2.24, 2.45) is 46.3 Å². The van der Waals surface area contributed by atoms with Gasteiger partial charge in [0, 0.05) is 5.92 Å². The van der Waals surface area contributed by atoms with E-state index >= 15 is 0 Å².